The molecule has 0 aliphatic heterocycles. The number of rotatable bonds is 21. The molecule has 6 heteroatoms. The van der Waals surface area contributed by atoms with Gasteiger partial charge in [0.05, 0.1) is 16.2 Å². The third-order valence-electron chi connectivity index (χ3n) is 5.73. The van der Waals surface area contributed by atoms with Gasteiger partial charge in [0.1, 0.15) is 0 Å². The van der Waals surface area contributed by atoms with Crippen LogP contribution in [-0.2, 0) is 10.1 Å². The molecule has 0 rings (SSSR count). The summed E-state index contributed by atoms with van der Waals surface area (Å²) in [6.07, 6.45) is 19.9. The molecule has 0 heterocycles. The van der Waals surface area contributed by atoms with Gasteiger partial charge in [0.2, 0.25) is 0 Å². The van der Waals surface area contributed by atoms with E-state index in [-0.39, 0.29) is 29.6 Å². The number of aliphatic hydroxyl groups is 1. The average Bonchev–Trinajstić information content (AvgIpc) is 2.63. The van der Waals surface area contributed by atoms with E-state index < -0.39 is 21.5 Å². The van der Waals surface area contributed by atoms with E-state index in [9.17, 15) is 18.1 Å². The second-order valence-electron chi connectivity index (χ2n) is 8.52. The zero-order valence-electron chi connectivity index (χ0n) is 19.7. The summed E-state index contributed by atoms with van der Waals surface area (Å²) >= 11 is 0. The summed E-state index contributed by atoms with van der Waals surface area (Å²) in [5, 5.41) is 8.94. The van der Waals surface area contributed by atoms with Crippen molar-refractivity contribution in [1.29, 1.82) is 0 Å². The van der Waals surface area contributed by atoms with Crippen molar-refractivity contribution >= 4 is 10.1 Å². The molecule has 0 aromatic heterocycles. The van der Waals surface area contributed by atoms with Gasteiger partial charge in [-0.05, 0) is 25.7 Å². The van der Waals surface area contributed by atoms with Crippen LogP contribution in [0.15, 0.2) is 0 Å². The van der Waals surface area contributed by atoms with Crippen LogP contribution in [-0.4, -0.2) is 29.4 Å². The van der Waals surface area contributed by atoms with Crippen molar-refractivity contribution in [3.05, 3.63) is 0 Å². The summed E-state index contributed by atoms with van der Waals surface area (Å²) in [6.45, 7) is 4.24. The second-order valence-corrected chi connectivity index (χ2v) is 10.2. The van der Waals surface area contributed by atoms with Crippen molar-refractivity contribution in [3.63, 3.8) is 0 Å². The molecule has 0 amide bonds. The fourth-order valence-electron chi connectivity index (χ4n) is 3.86. The quantitative estimate of drug-likeness (QED) is 0.167. The molecule has 0 radical (unpaired) electrons. The molecule has 0 saturated heterocycles. The first kappa shape index (κ1) is 32.1. The van der Waals surface area contributed by atoms with Crippen molar-refractivity contribution in [1.82, 2.24) is 0 Å². The van der Waals surface area contributed by atoms with Gasteiger partial charge < -0.3 is 9.66 Å². The summed E-state index contributed by atoms with van der Waals surface area (Å²) in [6, 6.07) is 0. The van der Waals surface area contributed by atoms with Gasteiger partial charge in [-0.1, -0.05) is 110 Å². The topological polar surface area (TPSA) is 77.4 Å². The van der Waals surface area contributed by atoms with Gasteiger partial charge in [0, 0.05) is 5.25 Å². The van der Waals surface area contributed by atoms with Gasteiger partial charge in [-0.2, -0.15) is 0 Å². The second kappa shape index (κ2) is 22.1. The standard InChI is InChI=1S/C23H48O4S.Na/c1-3-5-6-7-8-9-10-11-12-13-14-15-16-17-19-23(28(25,26)27)21-20-22(24)18-4-2;/h22-24H,3-21H2,1-2H3,(H,25,26,27);/q;+1/p-1. The minimum atomic E-state index is -4.25. The molecule has 29 heavy (non-hydrogen) atoms. The van der Waals surface area contributed by atoms with Gasteiger partial charge in [-0.25, -0.2) is 8.42 Å². The van der Waals surface area contributed by atoms with Gasteiger partial charge in [0.25, 0.3) is 0 Å². The Hall–Kier alpha value is 0.870. The van der Waals surface area contributed by atoms with Crippen molar-refractivity contribution in [2.45, 2.75) is 147 Å². The summed E-state index contributed by atoms with van der Waals surface area (Å²) < 4.78 is 34.3. The molecule has 0 aliphatic carbocycles. The Balaban J connectivity index is 0. The molecule has 0 bridgehead atoms. The van der Waals surface area contributed by atoms with E-state index in [2.05, 4.69) is 6.92 Å². The van der Waals surface area contributed by atoms with Crippen LogP contribution in [0.2, 0.25) is 0 Å². The normalized spacial score (nSPS) is 13.8. The Bertz CT molecular complexity index is 429. The molecule has 0 aromatic rings. The van der Waals surface area contributed by atoms with Gasteiger partial charge in [-0.3, -0.25) is 0 Å². The fourth-order valence-corrected chi connectivity index (χ4v) is 4.74. The zero-order valence-corrected chi connectivity index (χ0v) is 22.5. The van der Waals surface area contributed by atoms with E-state index >= 15 is 0 Å². The first-order chi connectivity index (χ1) is 13.4. The smallest absolute Gasteiger partial charge is 0.748 e. The summed E-state index contributed by atoms with van der Waals surface area (Å²) in [4.78, 5) is 0. The Labute approximate surface area is 204 Å². The van der Waals surface area contributed by atoms with Crippen molar-refractivity contribution in [2.24, 2.45) is 0 Å². The molecule has 2 unspecified atom stereocenters. The number of hydrogen-bond acceptors (Lipinski definition) is 4. The SMILES string of the molecule is CCCCCCCCCCCCCCCCC(CCC(O)CCC)S(=O)(=O)[O-].[Na+]. The van der Waals surface area contributed by atoms with E-state index in [0.717, 1.165) is 25.7 Å². The third-order valence-corrected chi connectivity index (χ3v) is 7.02. The van der Waals surface area contributed by atoms with Crippen LogP contribution in [0, 0.1) is 0 Å². The van der Waals surface area contributed by atoms with E-state index in [4.69, 9.17) is 0 Å². The fraction of sp³-hybridized carbons (Fsp3) is 1.00. The van der Waals surface area contributed by atoms with Crippen LogP contribution in [0.5, 0.6) is 0 Å². The molecule has 0 fully saturated rings. The van der Waals surface area contributed by atoms with E-state index in [0.29, 0.717) is 25.7 Å². The largest absolute Gasteiger partial charge is 1.00 e. The van der Waals surface area contributed by atoms with E-state index in [1.54, 1.807) is 0 Å². The number of aliphatic hydroxyl groups excluding tert-OH is 1. The van der Waals surface area contributed by atoms with Crippen LogP contribution in [0.4, 0.5) is 0 Å². The van der Waals surface area contributed by atoms with Gasteiger partial charge in [0.15, 0.2) is 0 Å². The number of hydrogen-bond donors (Lipinski definition) is 1. The van der Waals surface area contributed by atoms with Crippen LogP contribution in [0.1, 0.15) is 136 Å². The van der Waals surface area contributed by atoms with Crippen LogP contribution < -0.4 is 29.6 Å². The maximum absolute atomic E-state index is 11.4. The Kier molecular flexibility index (Phi) is 24.4. The predicted octanol–water partition coefficient (Wildman–Crippen LogP) is 3.72. The summed E-state index contributed by atoms with van der Waals surface area (Å²) in [7, 11) is -4.25. The first-order valence-corrected chi connectivity index (χ1v) is 13.5. The van der Waals surface area contributed by atoms with Crippen molar-refractivity contribution in [3.8, 4) is 0 Å². The minimum absolute atomic E-state index is 0. The number of unbranched alkanes of at least 4 members (excludes halogenated alkanes) is 13. The van der Waals surface area contributed by atoms with Gasteiger partial charge >= 0.3 is 29.6 Å². The molecule has 1 N–H and O–H groups in total. The van der Waals surface area contributed by atoms with Gasteiger partial charge in [-0.15, -0.1) is 0 Å². The molecule has 170 valence electrons. The summed E-state index contributed by atoms with van der Waals surface area (Å²) in [5.74, 6) is 0. The predicted molar refractivity (Wildman–Crippen MR) is 119 cm³/mol. The Morgan fingerprint density at radius 1 is 0.621 bits per heavy atom. The third kappa shape index (κ3) is 21.9. The van der Waals surface area contributed by atoms with Crippen LogP contribution >= 0.6 is 0 Å². The zero-order chi connectivity index (χ0) is 21.1. The molecule has 0 aromatic carbocycles. The Morgan fingerprint density at radius 2 is 1.03 bits per heavy atom. The van der Waals surface area contributed by atoms with Crippen LogP contribution in [0.3, 0.4) is 0 Å². The average molecular weight is 443 g/mol. The molecular weight excluding hydrogens is 395 g/mol. The molecular formula is C23H47NaO4S. The molecule has 2 atom stereocenters. The monoisotopic (exact) mass is 442 g/mol. The van der Waals surface area contributed by atoms with Crippen molar-refractivity contribution < 1.29 is 47.6 Å². The minimum Gasteiger partial charge on any atom is -0.748 e. The maximum Gasteiger partial charge on any atom is 1.00 e. The van der Waals surface area contributed by atoms with E-state index in [1.807, 2.05) is 6.92 Å². The van der Waals surface area contributed by atoms with Crippen molar-refractivity contribution in [2.75, 3.05) is 0 Å². The Morgan fingerprint density at radius 3 is 1.41 bits per heavy atom. The van der Waals surface area contributed by atoms with Crippen LogP contribution in [0.25, 0.3) is 0 Å². The molecule has 0 spiro atoms. The molecule has 0 aliphatic rings. The van der Waals surface area contributed by atoms with E-state index in [1.165, 1.54) is 70.6 Å². The first-order valence-electron chi connectivity index (χ1n) is 12.0. The molecule has 0 saturated carbocycles. The maximum atomic E-state index is 11.4. The summed E-state index contributed by atoms with van der Waals surface area (Å²) in [5.41, 5.74) is 0. The molecule has 4 nitrogen and oxygen atoms in total.